The Bertz CT molecular complexity index is 314. The van der Waals surface area contributed by atoms with Crippen LogP contribution in [0, 0.1) is 5.41 Å². The molecule has 0 radical (unpaired) electrons. The summed E-state index contributed by atoms with van der Waals surface area (Å²) in [5, 5.41) is 0. The van der Waals surface area contributed by atoms with Gasteiger partial charge >= 0.3 is 0 Å². The standard InChI is InChI=1S/C22H44N2/c1-4-6-8-10-12-14-16-21(15-13-11-9-7-5-2)24-19-22(20-24)17-23(3)18-22/h21H,4-20H2,1-3H3. The zero-order valence-corrected chi connectivity index (χ0v) is 17.0. The van der Waals surface area contributed by atoms with Crippen LogP contribution in [0.4, 0.5) is 0 Å². The Morgan fingerprint density at radius 3 is 1.58 bits per heavy atom. The Kier molecular flexibility index (Phi) is 9.11. The largest absolute Gasteiger partial charge is 0.305 e. The van der Waals surface area contributed by atoms with E-state index in [1.165, 1.54) is 110 Å². The molecular formula is C22H44N2. The van der Waals surface area contributed by atoms with Gasteiger partial charge in [-0.25, -0.2) is 0 Å². The smallest absolute Gasteiger partial charge is 0.0212 e. The van der Waals surface area contributed by atoms with E-state index in [0.29, 0.717) is 5.41 Å². The third-order valence-corrected chi connectivity index (χ3v) is 6.34. The van der Waals surface area contributed by atoms with Gasteiger partial charge in [0.25, 0.3) is 0 Å². The molecule has 24 heavy (non-hydrogen) atoms. The van der Waals surface area contributed by atoms with E-state index in [1.807, 2.05) is 0 Å². The van der Waals surface area contributed by atoms with E-state index in [9.17, 15) is 0 Å². The number of nitrogens with zero attached hydrogens (tertiary/aromatic N) is 2. The lowest BCUT2D eigenvalue weighted by Crippen LogP contribution is -2.72. The molecule has 0 amide bonds. The topological polar surface area (TPSA) is 6.48 Å². The summed E-state index contributed by atoms with van der Waals surface area (Å²) in [6.45, 7) is 10.1. The molecule has 2 saturated heterocycles. The molecule has 0 aromatic heterocycles. The van der Waals surface area contributed by atoms with E-state index < -0.39 is 0 Å². The highest BCUT2D eigenvalue weighted by Gasteiger charge is 2.51. The third kappa shape index (κ3) is 6.33. The summed E-state index contributed by atoms with van der Waals surface area (Å²) in [4.78, 5) is 5.34. The Morgan fingerprint density at radius 2 is 1.12 bits per heavy atom. The summed E-state index contributed by atoms with van der Waals surface area (Å²) >= 11 is 0. The Morgan fingerprint density at radius 1 is 0.667 bits per heavy atom. The number of hydrogen-bond donors (Lipinski definition) is 0. The van der Waals surface area contributed by atoms with Gasteiger partial charge in [0.2, 0.25) is 0 Å². The summed E-state index contributed by atoms with van der Waals surface area (Å²) < 4.78 is 0. The van der Waals surface area contributed by atoms with Crippen molar-refractivity contribution in [3.63, 3.8) is 0 Å². The Labute approximate surface area is 152 Å². The lowest BCUT2D eigenvalue weighted by Gasteiger charge is -2.61. The van der Waals surface area contributed by atoms with Crippen molar-refractivity contribution in [1.29, 1.82) is 0 Å². The second kappa shape index (κ2) is 10.8. The summed E-state index contributed by atoms with van der Waals surface area (Å²) in [6, 6.07) is 0.898. The quantitative estimate of drug-likeness (QED) is 0.375. The van der Waals surface area contributed by atoms with Crippen LogP contribution in [-0.2, 0) is 0 Å². The van der Waals surface area contributed by atoms with Crippen molar-refractivity contribution in [3.8, 4) is 0 Å². The second-order valence-electron chi connectivity index (χ2n) is 8.99. The molecule has 2 rings (SSSR count). The minimum atomic E-state index is 0.705. The van der Waals surface area contributed by atoms with Gasteiger partial charge in [-0.15, -0.1) is 0 Å². The molecule has 1 atom stereocenters. The number of rotatable bonds is 14. The third-order valence-electron chi connectivity index (χ3n) is 6.34. The van der Waals surface area contributed by atoms with Crippen molar-refractivity contribution in [2.75, 3.05) is 33.2 Å². The van der Waals surface area contributed by atoms with Crippen LogP contribution in [0.15, 0.2) is 0 Å². The first-order valence-electron chi connectivity index (χ1n) is 11.1. The molecular weight excluding hydrogens is 292 g/mol. The first-order valence-corrected chi connectivity index (χ1v) is 11.1. The molecule has 2 aliphatic heterocycles. The van der Waals surface area contributed by atoms with Crippen molar-refractivity contribution in [3.05, 3.63) is 0 Å². The fourth-order valence-electron chi connectivity index (χ4n) is 5.03. The van der Waals surface area contributed by atoms with E-state index in [2.05, 4.69) is 30.7 Å². The molecule has 2 aliphatic rings. The monoisotopic (exact) mass is 336 g/mol. The van der Waals surface area contributed by atoms with Crippen LogP contribution in [0.1, 0.15) is 97.3 Å². The molecule has 0 bridgehead atoms. The van der Waals surface area contributed by atoms with Crippen molar-refractivity contribution >= 4 is 0 Å². The normalized spacial score (nSPS) is 21.6. The second-order valence-corrected chi connectivity index (χ2v) is 8.99. The molecule has 0 aromatic rings. The predicted octanol–water partition coefficient (Wildman–Crippen LogP) is 5.71. The molecule has 0 N–H and O–H groups in total. The number of unbranched alkanes of at least 4 members (excludes halogenated alkanes) is 9. The molecule has 2 fully saturated rings. The van der Waals surface area contributed by atoms with Gasteiger partial charge in [0, 0.05) is 37.6 Å². The van der Waals surface area contributed by atoms with Gasteiger partial charge in [-0.3, -0.25) is 4.90 Å². The first kappa shape index (κ1) is 20.2. The van der Waals surface area contributed by atoms with Gasteiger partial charge in [0.05, 0.1) is 0 Å². The fourth-order valence-corrected chi connectivity index (χ4v) is 5.03. The van der Waals surface area contributed by atoms with Crippen molar-refractivity contribution < 1.29 is 0 Å². The van der Waals surface area contributed by atoms with Gasteiger partial charge < -0.3 is 4.90 Å². The molecule has 0 saturated carbocycles. The van der Waals surface area contributed by atoms with Crippen LogP contribution in [-0.4, -0.2) is 49.1 Å². The molecule has 1 spiro atoms. The number of hydrogen-bond acceptors (Lipinski definition) is 2. The zero-order valence-electron chi connectivity index (χ0n) is 17.0. The van der Waals surface area contributed by atoms with Crippen LogP contribution in [0.3, 0.4) is 0 Å². The van der Waals surface area contributed by atoms with Gasteiger partial charge in [-0.05, 0) is 19.9 Å². The maximum Gasteiger partial charge on any atom is 0.0212 e. The van der Waals surface area contributed by atoms with E-state index in [-0.39, 0.29) is 0 Å². The summed E-state index contributed by atoms with van der Waals surface area (Å²) in [6.07, 6.45) is 18.8. The number of likely N-dealkylation sites (tertiary alicyclic amines) is 2. The molecule has 142 valence electrons. The Balaban J connectivity index is 1.62. The first-order chi connectivity index (χ1) is 11.7. The Hall–Kier alpha value is -0.0800. The van der Waals surface area contributed by atoms with Crippen LogP contribution < -0.4 is 0 Å². The SMILES string of the molecule is CCCCCCCCC(CCCCCCC)N1CC2(CN(C)C2)C1. The van der Waals surface area contributed by atoms with E-state index >= 15 is 0 Å². The van der Waals surface area contributed by atoms with E-state index in [1.54, 1.807) is 0 Å². The van der Waals surface area contributed by atoms with Gasteiger partial charge in [0.15, 0.2) is 0 Å². The zero-order chi connectivity index (χ0) is 17.3. The van der Waals surface area contributed by atoms with Crippen molar-refractivity contribution in [2.45, 2.75) is 103 Å². The molecule has 2 heterocycles. The lowest BCUT2D eigenvalue weighted by atomic mass is 9.72. The van der Waals surface area contributed by atoms with Gasteiger partial charge in [-0.1, -0.05) is 84.5 Å². The summed E-state index contributed by atoms with van der Waals surface area (Å²) in [7, 11) is 2.27. The van der Waals surface area contributed by atoms with Crippen molar-refractivity contribution in [1.82, 2.24) is 9.80 Å². The average molecular weight is 337 g/mol. The van der Waals surface area contributed by atoms with Crippen LogP contribution in [0.5, 0.6) is 0 Å². The maximum absolute atomic E-state index is 2.85. The van der Waals surface area contributed by atoms with Gasteiger partial charge in [0.1, 0.15) is 0 Å². The van der Waals surface area contributed by atoms with Crippen LogP contribution in [0.2, 0.25) is 0 Å². The highest BCUT2D eigenvalue weighted by Crippen LogP contribution is 2.41. The molecule has 2 heteroatoms. The fraction of sp³-hybridized carbons (Fsp3) is 1.00. The molecule has 1 unspecified atom stereocenters. The molecule has 0 aliphatic carbocycles. The van der Waals surface area contributed by atoms with Crippen LogP contribution >= 0.6 is 0 Å². The summed E-state index contributed by atoms with van der Waals surface area (Å²) in [5.74, 6) is 0. The lowest BCUT2D eigenvalue weighted by molar-refractivity contribution is -0.123. The highest BCUT2D eigenvalue weighted by molar-refractivity contribution is 5.06. The minimum Gasteiger partial charge on any atom is -0.305 e. The molecule has 2 nitrogen and oxygen atoms in total. The van der Waals surface area contributed by atoms with Gasteiger partial charge in [-0.2, -0.15) is 0 Å². The highest BCUT2D eigenvalue weighted by atomic mass is 15.3. The maximum atomic E-state index is 2.85. The summed E-state index contributed by atoms with van der Waals surface area (Å²) in [5.41, 5.74) is 0.705. The average Bonchev–Trinajstić information content (AvgIpc) is 2.51. The van der Waals surface area contributed by atoms with Crippen molar-refractivity contribution in [2.24, 2.45) is 5.41 Å². The van der Waals surface area contributed by atoms with E-state index in [0.717, 1.165) is 6.04 Å². The predicted molar refractivity (Wildman–Crippen MR) is 107 cm³/mol. The van der Waals surface area contributed by atoms with E-state index in [4.69, 9.17) is 0 Å². The minimum absolute atomic E-state index is 0.705. The molecule has 0 aromatic carbocycles. The van der Waals surface area contributed by atoms with Crippen LogP contribution in [0.25, 0.3) is 0 Å².